The Bertz CT molecular complexity index is 815. The summed E-state index contributed by atoms with van der Waals surface area (Å²) in [5, 5.41) is 11.6. The van der Waals surface area contributed by atoms with Gasteiger partial charge >= 0.3 is 11.9 Å². The van der Waals surface area contributed by atoms with E-state index in [-0.39, 0.29) is 32.2 Å². The van der Waals surface area contributed by atoms with Crippen molar-refractivity contribution in [2.75, 3.05) is 47.5 Å². The van der Waals surface area contributed by atoms with Crippen LogP contribution < -0.4 is 5.11 Å². The summed E-state index contributed by atoms with van der Waals surface area (Å²) >= 11 is 0. The van der Waals surface area contributed by atoms with E-state index in [4.69, 9.17) is 18.9 Å². The monoisotopic (exact) mass is 728 g/mol. The molecule has 0 saturated heterocycles. The average Bonchev–Trinajstić information content (AvgIpc) is 3.08. The number of aliphatic carboxylic acids is 1. The predicted octanol–water partition coefficient (Wildman–Crippen LogP) is 9.22. The van der Waals surface area contributed by atoms with Crippen molar-refractivity contribution in [2.45, 2.75) is 206 Å². The lowest BCUT2D eigenvalue weighted by atomic mass is 10.0. The molecule has 0 amide bonds. The first-order valence-electron chi connectivity index (χ1n) is 21.2. The van der Waals surface area contributed by atoms with Gasteiger partial charge in [0.2, 0.25) is 0 Å². The summed E-state index contributed by atoms with van der Waals surface area (Å²) in [6, 6.07) is 0. The largest absolute Gasteiger partial charge is 0.545 e. The number of hydrogen-bond acceptors (Lipinski definition) is 8. The first kappa shape index (κ1) is 49.3. The molecule has 9 heteroatoms. The summed E-state index contributed by atoms with van der Waals surface area (Å²) in [6.07, 6.45) is 29.8. The highest BCUT2D eigenvalue weighted by molar-refractivity contribution is 5.70. The topological polar surface area (TPSA) is 111 Å². The number of ether oxygens (including phenoxy) is 4. The number of unbranched alkanes of at least 4 members (excludes halogenated alkanes) is 24. The smallest absolute Gasteiger partial charge is 0.306 e. The van der Waals surface area contributed by atoms with E-state index in [1.54, 1.807) is 0 Å². The number of rotatable bonds is 39. The maximum atomic E-state index is 12.7. The van der Waals surface area contributed by atoms with E-state index in [2.05, 4.69) is 13.8 Å². The van der Waals surface area contributed by atoms with Gasteiger partial charge in [0, 0.05) is 12.8 Å². The maximum absolute atomic E-state index is 12.7. The SMILES string of the molecule is CCCCCCCCCCCCCCCCCC(=O)OC(COC(=O)CCCCCCCCCCCCC)COC(OCC[N+](C)(C)C)C(=O)[O-]. The Hall–Kier alpha value is -1.71. The summed E-state index contributed by atoms with van der Waals surface area (Å²) in [5.41, 5.74) is 0. The molecule has 0 saturated carbocycles. The third-order valence-electron chi connectivity index (χ3n) is 9.35. The Morgan fingerprint density at radius 2 is 0.882 bits per heavy atom. The summed E-state index contributed by atoms with van der Waals surface area (Å²) in [6.45, 7) is 4.75. The molecule has 0 radical (unpaired) electrons. The van der Waals surface area contributed by atoms with E-state index in [9.17, 15) is 19.5 Å². The van der Waals surface area contributed by atoms with Crippen molar-refractivity contribution >= 4 is 17.9 Å². The van der Waals surface area contributed by atoms with Crippen LogP contribution in [0.5, 0.6) is 0 Å². The molecule has 0 rings (SSSR count). The minimum atomic E-state index is -1.61. The number of hydrogen-bond donors (Lipinski definition) is 0. The quantitative estimate of drug-likeness (QED) is 0.0267. The number of carboxylic acids is 1. The lowest BCUT2D eigenvalue weighted by Crippen LogP contribution is -2.44. The molecular formula is C42H81NO8. The molecule has 0 aromatic rings. The van der Waals surface area contributed by atoms with Crippen LogP contribution in [0, 0.1) is 0 Å². The summed E-state index contributed by atoms with van der Waals surface area (Å²) in [5.74, 6) is -2.27. The molecule has 0 fully saturated rings. The number of likely N-dealkylation sites (N-methyl/N-ethyl adjacent to an activating group) is 1. The van der Waals surface area contributed by atoms with E-state index in [0.29, 0.717) is 17.4 Å². The van der Waals surface area contributed by atoms with Gasteiger partial charge in [0.05, 0.1) is 40.3 Å². The van der Waals surface area contributed by atoms with Crippen molar-refractivity contribution in [1.29, 1.82) is 0 Å². The number of esters is 2. The Morgan fingerprint density at radius 3 is 1.25 bits per heavy atom. The predicted molar refractivity (Wildman–Crippen MR) is 205 cm³/mol. The molecule has 0 aliphatic rings. The van der Waals surface area contributed by atoms with Crippen LogP contribution in [-0.2, 0) is 33.3 Å². The second kappa shape index (κ2) is 35.3. The average molecular weight is 728 g/mol. The van der Waals surface area contributed by atoms with Crippen LogP contribution in [0.25, 0.3) is 0 Å². The molecule has 0 bridgehead atoms. The van der Waals surface area contributed by atoms with Crippen molar-refractivity contribution in [3.63, 3.8) is 0 Å². The van der Waals surface area contributed by atoms with Gasteiger partial charge in [0.25, 0.3) is 0 Å². The molecule has 0 heterocycles. The summed E-state index contributed by atoms with van der Waals surface area (Å²) in [7, 11) is 5.91. The maximum Gasteiger partial charge on any atom is 0.306 e. The zero-order valence-electron chi connectivity index (χ0n) is 34.0. The fourth-order valence-electron chi connectivity index (χ4n) is 6.01. The first-order chi connectivity index (χ1) is 24.6. The van der Waals surface area contributed by atoms with Gasteiger partial charge in [0.1, 0.15) is 13.2 Å². The van der Waals surface area contributed by atoms with Crippen molar-refractivity contribution in [3.8, 4) is 0 Å². The van der Waals surface area contributed by atoms with Crippen molar-refractivity contribution in [3.05, 3.63) is 0 Å². The molecule has 0 aliphatic heterocycles. The highest BCUT2D eigenvalue weighted by atomic mass is 16.7. The molecular weight excluding hydrogens is 646 g/mol. The van der Waals surface area contributed by atoms with Crippen molar-refractivity contribution < 1.29 is 42.9 Å². The van der Waals surface area contributed by atoms with Crippen LogP contribution in [0.4, 0.5) is 0 Å². The molecule has 0 aliphatic carbocycles. The lowest BCUT2D eigenvalue weighted by molar-refractivity contribution is -0.870. The fraction of sp³-hybridized carbons (Fsp3) is 0.929. The van der Waals surface area contributed by atoms with E-state index >= 15 is 0 Å². The van der Waals surface area contributed by atoms with Crippen LogP contribution in [0.15, 0.2) is 0 Å². The third-order valence-corrected chi connectivity index (χ3v) is 9.35. The van der Waals surface area contributed by atoms with Crippen LogP contribution in [0.2, 0.25) is 0 Å². The second-order valence-corrected chi connectivity index (χ2v) is 15.6. The molecule has 2 unspecified atom stereocenters. The zero-order valence-corrected chi connectivity index (χ0v) is 34.0. The second-order valence-electron chi connectivity index (χ2n) is 15.6. The molecule has 0 spiro atoms. The van der Waals surface area contributed by atoms with Gasteiger partial charge in [-0.2, -0.15) is 0 Å². The van der Waals surface area contributed by atoms with Crippen LogP contribution in [-0.4, -0.2) is 82.3 Å². The number of quaternary nitrogens is 1. The van der Waals surface area contributed by atoms with Gasteiger partial charge in [-0.25, -0.2) is 0 Å². The van der Waals surface area contributed by atoms with E-state index < -0.39 is 24.3 Å². The Balaban J connectivity index is 4.44. The molecule has 51 heavy (non-hydrogen) atoms. The van der Waals surface area contributed by atoms with Gasteiger partial charge < -0.3 is 33.3 Å². The van der Waals surface area contributed by atoms with Crippen molar-refractivity contribution in [1.82, 2.24) is 0 Å². The highest BCUT2D eigenvalue weighted by Gasteiger charge is 2.21. The van der Waals surface area contributed by atoms with Crippen molar-refractivity contribution in [2.24, 2.45) is 0 Å². The Kier molecular flexibility index (Phi) is 34.1. The number of nitrogens with zero attached hydrogens (tertiary/aromatic N) is 1. The number of carboxylic acid groups (broad SMARTS) is 1. The van der Waals surface area contributed by atoms with Gasteiger partial charge in [-0.15, -0.1) is 0 Å². The zero-order chi connectivity index (χ0) is 37.8. The Morgan fingerprint density at radius 1 is 0.510 bits per heavy atom. The van der Waals surface area contributed by atoms with Gasteiger partial charge in [-0.3, -0.25) is 9.59 Å². The van der Waals surface area contributed by atoms with E-state index in [1.165, 1.54) is 128 Å². The van der Waals surface area contributed by atoms with E-state index in [0.717, 1.165) is 38.5 Å². The fourth-order valence-corrected chi connectivity index (χ4v) is 6.01. The van der Waals surface area contributed by atoms with Crippen LogP contribution in [0.3, 0.4) is 0 Å². The van der Waals surface area contributed by atoms with E-state index in [1.807, 2.05) is 21.1 Å². The molecule has 9 nitrogen and oxygen atoms in total. The minimum Gasteiger partial charge on any atom is -0.545 e. The third kappa shape index (κ3) is 36.4. The molecule has 302 valence electrons. The molecule has 0 N–H and O–H groups in total. The standard InChI is InChI=1S/C42H81NO8/c1-6-8-10-12-14-16-18-19-20-21-23-25-27-29-31-33-40(45)51-38(37-50-42(41(46)47)48-35-34-43(3,4)5)36-49-39(44)32-30-28-26-24-22-17-15-13-11-9-7-2/h38,42H,6-37H2,1-5H3. The molecule has 0 aromatic heterocycles. The van der Waals surface area contributed by atoms with Gasteiger partial charge in [-0.1, -0.05) is 168 Å². The van der Waals surface area contributed by atoms with Gasteiger partial charge in [-0.05, 0) is 12.8 Å². The summed E-state index contributed by atoms with van der Waals surface area (Å²) in [4.78, 5) is 36.8. The van der Waals surface area contributed by atoms with Crippen LogP contribution in [0.1, 0.15) is 194 Å². The molecule has 2 atom stereocenters. The first-order valence-corrected chi connectivity index (χ1v) is 21.2. The lowest BCUT2D eigenvalue weighted by Gasteiger charge is -2.26. The van der Waals surface area contributed by atoms with Gasteiger partial charge in [0.15, 0.2) is 12.4 Å². The highest BCUT2D eigenvalue weighted by Crippen LogP contribution is 2.15. The summed E-state index contributed by atoms with van der Waals surface area (Å²) < 4.78 is 22.5. The Labute approximate surface area is 313 Å². The van der Waals surface area contributed by atoms with Crippen LogP contribution >= 0.6 is 0 Å². The number of carbonyl (C=O) groups is 3. The number of carbonyl (C=O) groups excluding carboxylic acids is 3. The minimum absolute atomic E-state index is 0.153. The molecule has 0 aromatic carbocycles. The normalized spacial score (nSPS) is 12.9.